The molecule has 0 N–H and O–H groups in total. The first-order chi connectivity index (χ1) is 6.41. The zero-order chi connectivity index (χ0) is 11.4. The molecular weight excluding hydrogens is 257 g/mol. The van der Waals surface area contributed by atoms with Gasteiger partial charge in [-0.3, -0.25) is 0 Å². The third-order valence-corrected chi connectivity index (χ3v) is 2.12. The second-order valence-corrected chi connectivity index (χ2v) is 3.34. The van der Waals surface area contributed by atoms with Crippen LogP contribution in [0.3, 0.4) is 0 Å². The van der Waals surface area contributed by atoms with Gasteiger partial charge in [0.2, 0.25) is 0 Å². The molecule has 80 valence electrons. The van der Waals surface area contributed by atoms with E-state index in [1.54, 1.807) is 13.0 Å². The summed E-state index contributed by atoms with van der Waals surface area (Å²) in [5, 5.41) is 0. The second kappa shape index (κ2) is 5.39. The van der Waals surface area contributed by atoms with Crippen LogP contribution in [0, 0.1) is 6.92 Å². The van der Waals surface area contributed by atoms with E-state index in [1.165, 1.54) is 6.07 Å². The lowest BCUT2D eigenvalue weighted by atomic mass is 10.1. The van der Waals surface area contributed by atoms with Gasteiger partial charge in [-0.25, -0.2) is 0 Å². The summed E-state index contributed by atoms with van der Waals surface area (Å²) in [6.07, 6.45) is -4.27. The molecule has 0 amide bonds. The summed E-state index contributed by atoms with van der Waals surface area (Å²) in [6, 6.07) is 4.14. The standard InChI is InChI=1S/C8H6BrF3.C2H6/c1-5-2-3-7(9)6(4-5)8(10,11)12;1-2/h2-4H,1H3;1-2H3. The molecule has 0 radical (unpaired) electrons. The highest BCUT2D eigenvalue weighted by Crippen LogP contribution is 2.34. The number of aryl methyl sites for hydroxylation is 1. The van der Waals surface area contributed by atoms with Gasteiger partial charge in [0.1, 0.15) is 0 Å². The summed E-state index contributed by atoms with van der Waals surface area (Å²) in [4.78, 5) is 0. The van der Waals surface area contributed by atoms with Gasteiger partial charge in [-0.15, -0.1) is 0 Å². The summed E-state index contributed by atoms with van der Waals surface area (Å²) in [6.45, 7) is 5.63. The fraction of sp³-hybridized carbons (Fsp3) is 0.400. The first-order valence-corrected chi connectivity index (χ1v) is 5.04. The van der Waals surface area contributed by atoms with Crippen LogP contribution in [0.2, 0.25) is 0 Å². The quantitative estimate of drug-likeness (QED) is 0.634. The molecule has 4 heteroatoms. The van der Waals surface area contributed by atoms with Crippen molar-refractivity contribution in [2.24, 2.45) is 0 Å². The predicted molar refractivity (Wildman–Crippen MR) is 55.2 cm³/mol. The highest BCUT2D eigenvalue weighted by molar-refractivity contribution is 9.10. The molecule has 0 aliphatic rings. The Balaban J connectivity index is 0.000000791. The van der Waals surface area contributed by atoms with Gasteiger partial charge < -0.3 is 0 Å². The highest BCUT2D eigenvalue weighted by Gasteiger charge is 2.32. The smallest absolute Gasteiger partial charge is 0.166 e. The van der Waals surface area contributed by atoms with Crippen LogP contribution in [-0.2, 0) is 6.18 Å². The van der Waals surface area contributed by atoms with E-state index in [4.69, 9.17) is 0 Å². The monoisotopic (exact) mass is 268 g/mol. The maximum absolute atomic E-state index is 12.2. The second-order valence-electron chi connectivity index (χ2n) is 2.48. The molecule has 0 atom stereocenters. The lowest BCUT2D eigenvalue weighted by Crippen LogP contribution is -2.05. The van der Waals surface area contributed by atoms with Crippen molar-refractivity contribution in [1.82, 2.24) is 0 Å². The number of hydrogen-bond acceptors (Lipinski definition) is 0. The van der Waals surface area contributed by atoms with Gasteiger partial charge in [-0.1, -0.05) is 41.4 Å². The molecule has 0 saturated heterocycles. The molecule has 1 aromatic carbocycles. The Hall–Kier alpha value is -0.510. The van der Waals surface area contributed by atoms with Crippen molar-refractivity contribution in [3.63, 3.8) is 0 Å². The molecule has 1 aromatic rings. The molecular formula is C10H12BrF3. The molecule has 14 heavy (non-hydrogen) atoms. The van der Waals surface area contributed by atoms with Gasteiger partial charge in [-0.2, -0.15) is 13.2 Å². The van der Waals surface area contributed by atoms with Gasteiger partial charge in [0.25, 0.3) is 0 Å². The van der Waals surface area contributed by atoms with Gasteiger partial charge in [0.15, 0.2) is 0 Å². The Morgan fingerprint density at radius 2 is 1.64 bits per heavy atom. The number of alkyl halides is 3. The summed E-state index contributed by atoms with van der Waals surface area (Å²) in [5.41, 5.74) is -0.0203. The van der Waals surface area contributed by atoms with Crippen molar-refractivity contribution in [2.75, 3.05) is 0 Å². The van der Waals surface area contributed by atoms with E-state index in [9.17, 15) is 13.2 Å². The summed E-state index contributed by atoms with van der Waals surface area (Å²) in [5.74, 6) is 0. The van der Waals surface area contributed by atoms with Gasteiger partial charge in [0, 0.05) is 4.47 Å². The Bertz CT molecular complexity index is 292. The fourth-order valence-electron chi connectivity index (χ4n) is 0.856. The number of halogens is 4. The minimum atomic E-state index is -4.27. The molecule has 0 nitrogen and oxygen atoms in total. The van der Waals surface area contributed by atoms with Crippen molar-refractivity contribution >= 4 is 15.9 Å². The molecule has 0 fully saturated rings. The van der Waals surface area contributed by atoms with Crippen molar-refractivity contribution in [3.8, 4) is 0 Å². The minimum absolute atomic E-state index is 0.0839. The highest BCUT2D eigenvalue weighted by atomic mass is 79.9. The molecule has 0 aliphatic heterocycles. The zero-order valence-electron chi connectivity index (χ0n) is 8.24. The average Bonchev–Trinajstić information content (AvgIpc) is 2.11. The number of rotatable bonds is 0. The van der Waals surface area contributed by atoms with E-state index in [0.717, 1.165) is 6.07 Å². The van der Waals surface area contributed by atoms with Gasteiger partial charge in [-0.05, 0) is 19.1 Å². The van der Waals surface area contributed by atoms with E-state index in [1.807, 2.05) is 13.8 Å². The molecule has 0 saturated carbocycles. The molecule has 1 rings (SSSR count). The van der Waals surface area contributed by atoms with E-state index < -0.39 is 11.7 Å². The van der Waals surface area contributed by atoms with Crippen LogP contribution < -0.4 is 0 Å². The summed E-state index contributed by atoms with van der Waals surface area (Å²) >= 11 is 2.85. The number of benzene rings is 1. The topological polar surface area (TPSA) is 0 Å². The minimum Gasteiger partial charge on any atom is -0.166 e. The molecule has 0 aromatic heterocycles. The van der Waals surface area contributed by atoms with Crippen LogP contribution in [0.15, 0.2) is 22.7 Å². The van der Waals surface area contributed by atoms with E-state index in [2.05, 4.69) is 15.9 Å². The fourth-order valence-corrected chi connectivity index (χ4v) is 1.33. The van der Waals surface area contributed by atoms with E-state index in [0.29, 0.717) is 5.56 Å². The maximum Gasteiger partial charge on any atom is 0.417 e. The van der Waals surface area contributed by atoms with Crippen LogP contribution in [0.5, 0.6) is 0 Å². The average molecular weight is 269 g/mol. The Morgan fingerprint density at radius 3 is 2.00 bits per heavy atom. The van der Waals surface area contributed by atoms with Crippen LogP contribution in [0.1, 0.15) is 25.0 Å². The summed E-state index contributed by atoms with van der Waals surface area (Å²) < 4.78 is 36.7. The number of hydrogen-bond donors (Lipinski definition) is 0. The van der Waals surface area contributed by atoms with Gasteiger partial charge >= 0.3 is 6.18 Å². The lowest BCUT2D eigenvalue weighted by Gasteiger charge is -2.09. The largest absolute Gasteiger partial charge is 0.417 e. The Kier molecular flexibility index (Phi) is 5.19. The van der Waals surface area contributed by atoms with Crippen molar-refractivity contribution in [1.29, 1.82) is 0 Å². The van der Waals surface area contributed by atoms with Crippen molar-refractivity contribution in [2.45, 2.75) is 26.9 Å². The third kappa shape index (κ3) is 3.70. The van der Waals surface area contributed by atoms with Crippen LogP contribution in [0.4, 0.5) is 13.2 Å². The molecule has 0 aliphatic carbocycles. The molecule has 0 bridgehead atoms. The third-order valence-electron chi connectivity index (χ3n) is 1.43. The van der Waals surface area contributed by atoms with Crippen molar-refractivity contribution < 1.29 is 13.2 Å². The van der Waals surface area contributed by atoms with Crippen molar-refractivity contribution in [3.05, 3.63) is 33.8 Å². The molecule has 0 unspecified atom stereocenters. The van der Waals surface area contributed by atoms with E-state index in [-0.39, 0.29) is 4.47 Å². The lowest BCUT2D eigenvalue weighted by molar-refractivity contribution is -0.138. The molecule has 0 spiro atoms. The molecule has 0 heterocycles. The summed E-state index contributed by atoms with van der Waals surface area (Å²) in [7, 11) is 0. The van der Waals surface area contributed by atoms with Crippen LogP contribution in [-0.4, -0.2) is 0 Å². The van der Waals surface area contributed by atoms with Crippen LogP contribution >= 0.6 is 15.9 Å². The SMILES string of the molecule is CC.Cc1ccc(Br)c(C(F)(F)F)c1. The Morgan fingerprint density at radius 1 is 1.14 bits per heavy atom. The van der Waals surface area contributed by atoms with Gasteiger partial charge in [0.05, 0.1) is 5.56 Å². The normalized spacial score (nSPS) is 10.5. The Labute approximate surface area is 90.3 Å². The van der Waals surface area contributed by atoms with E-state index >= 15 is 0 Å². The van der Waals surface area contributed by atoms with Crippen LogP contribution in [0.25, 0.3) is 0 Å². The zero-order valence-corrected chi connectivity index (χ0v) is 9.83. The maximum atomic E-state index is 12.2. The predicted octanol–water partition coefficient (Wildman–Crippen LogP) is 4.80. The first-order valence-electron chi connectivity index (χ1n) is 4.24. The first kappa shape index (κ1) is 13.5.